The fourth-order valence-corrected chi connectivity index (χ4v) is 4.71. The third-order valence-corrected chi connectivity index (χ3v) is 6.56. The Bertz CT molecular complexity index is 1110. The summed E-state index contributed by atoms with van der Waals surface area (Å²) >= 11 is 1.45. The van der Waals surface area contributed by atoms with E-state index >= 15 is 0 Å². The molecule has 1 N–H and O–H groups in total. The van der Waals surface area contributed by atoms with Gasteiger partial charge in [-0.2, -0.15) is 0 Å². The van der Waals surface area contributed by atoms with Crippen LogP contribution in [0.3, 0.4) is 0 Å². The van der Waals surface area contributed by atoms with Crippen LogP contribution >= 0.6 is 11.8 Å². The lowest BCUT2D eigenvalue weighted by Gasteiger charge is -2.26. The molecule has 186 valence electrons. The Labute approximate surface area is 212 Å². The Kier molecular flexibility index (Phi) is 9.66. The number of rotatable bonds is 11. The highest BCUT2D eigenvalue weighted by Crippen LogP contribution is 2.25. The second-order valence-corrected chi connectivity index (χ2v) is 10.6. The summed E-state index contributed by atoms with van der Waals surface area (Å²) in [5.41, 5.74) is 0.481. The number of hydrogen-bond acceptors (Lipinski definition) is 6. The Morgan fingerprint density at radius 1 is 1.03 bits per heavy atom. The summed E-state index contributed by atoms with van der Waals surface area (Å²) in [4.78, 5) is 35.0. The van der Waals surface area contributed by atoms with E-state index in [0.29, 0.717) is 23.8 Å². The molecule has 1 heterocycles. The minimum Gasteiger partial charge on any atom is -0.458 e. The molecule has 0 aliphatic rings. The summed E-state index contributed by atoms with van der Waals surface area (Å²) in [5.74, 6) is -0.426. The van der Waals surface area contributed by atoms with Gasteiger partial charge < -0.3 is 10.1 Å². The molecule has 0 unspecified atom stereocenters. The lowest BCUT2D eigenvalue weighted by molar-refractivity contribution is -0.159. The summed E-state index contributed by atoms with van der Waals surface area (Å²) < 4.78 is 5.60. The zero-order valence-electron chi connectivity index (χ0n) is 21.0. The van der Waals surface area contributed by atoms with Gasteiger partial charge in [0.2, 0.25) is 5.91 Å². The normalized spacial score (nSPS) is 13.3. The number of carbonyl (C=O) groups excluding carboxylic acids is 2. The Balaban J connectivity index is 1.82. The third-order valence-electron chi connectivity index (χ3n) is 5.53. The molecule has 1 amide bonds. The van der Waals surface area contributed by atoms with Gasteiger partial charge in [0.25, 0.3) is 0 Å². The number of unbranched alkanes of at least 4 members (excludes halogenated alkanes) is 1. The van der Waals surface area contributed by atoms with Crippen molar-refractivity contribution < 1.29 is 14.3 Å². The summed E-state index contributed by atoms with van der Waals surface area (Å²) in [6, 6.07) is 15.4. The molecule has 0 spiro atoms. The minimum atomic E-state index is -0.672. The average Bonchev–Trinajstić information content (AvgIpc) is 2.83. The van der Waals surface area contributed by atoms with Gasteiger partial charge in [-0.05, 0) is 56.0 Å². The van der Waals surface area contributed by atoms with Crippen LogP contribution in [0.5, 0.6) is 0 Å². The largest absolute Gasteiger partial charge is 0.458 e. The zero-order chi connectivity index (χ0) is 25.3. The van der Waals surface area contributed by atoms with E-state index < -0.39 is 11.6 Å². The van der Waals surface area contributed by atoms with Crippen molar-refractivity contribution in [2.75, 3.05) is 5.75 Å². The SMILES string of the molecule is CCCC[C@H](NC(=O)[C@@H](CSc1ncccn1)Cc1cccc2ccccc12)C(=O)OC(C)(C)C. The van der Waals surface area contributed by atoms with Crippen molar-refractivity contribution in [3.05, 3.63) is 66.5 Å². The Morgan fingerprint density at radius 2 is 1.74 bits per heavy atom. The number of ether oxygens (including phenoxy) is 1. The molecule has 3 aromatic rings. The summed E-state index contributed by atoms with van der Waals surface area (Å²) in [5, 5.41) is 5.90. The van der Waals surface area contributed by atoms with Gasteiger partial charge in [-0.1, -0.05) is 74.0 Å². The highest BCUT2D eigenvalue weighted by atomic mass is 32.2. The van der Waals surface area contributed by atoms with Crippen LogP contribution in [0.15, 0.2) is 66.1 Å². The highest BCUT2D eigenvalue weighted by molar-refractivity contribution is 7.99. The number of amides is 1. The number of thioether (sulfide) groups is 1. The summed E-state index contributed by atoms with van der Waals surface area (Å²) in [6.45, 7) is 7.57. The number of fused-ring (bicyclic) bond motifs is 1. The first kappa shape index (κ1) is 26.7. The molecule has 2 atom stereocenters. The Morgan fingerprint density at radius 3 is 2.46 bits per heavy atom. The first-order chi connectivity index (χ1) is 16.8. The van der Waals surface area contributed by atoms with E-state index in [4.69, 9.17) is 4.74 Å². The van der Waals surface area contributed by atoms with Crippen molar-refractivity contribution in [3.63, 3.8) is 0 Å². The van der Waals surface area contributed by atoms with Gasteiger partial charge in [-0.15, -0.1) is 0 Å². The van der Waals surface area contributed by atoms with Crippen LogP contribution in [-0.2, 0) is 20.7 Å². The maximum absolute atomic E-state index is 13.6. The van der Waals surface area contributed by atoms with Crippen LogP contribution in [0.2, 0.25) is 0 Å². The van der Waals surface area contributed by atoms with Crippen molar-refractivity contribution in [3.8, 4) is 0 Å². The molecule has 7 heteroatoms. The van der Waals surface area contributed by atoms with Crippen LogP contribution in [0.4, 0.5) is 0 Å². The number of nitrogens with zero attached hydrogens (tertiary/aromatic N) is 2. The first-order valence-corrected chi connectivity index (χ1v) is 13.1. The second-order valence-electron chi connectivity index (χ2n) is 9.62. The molecule has 0 bridgehead atoms. The molecule has 2 aromatic carbocycles. The van der Waals surface area contributed by atoms with E-state index in [1.54, 1.807) is 18.5 Å². The van der Waals surface area contributed by atoms with E-state index in [1.807, 2.05) is 39.0 Å². The smallest absolute Gasteiger partial charge is 0.329 e. The lowest BCUT2D eigenvalue weighted by atomic mass is 9.95. The van der Waals surface area contributed by atoms with E-state index in [0.717, 1.165) is 29.2 Å². The number of benzene rings is 2. The molecule has 3 rings (SSSR count). The fraction of sp³-hybridized carbons (Fsp3) is 0.429. The molecule has 0 radical (unpaired) electrons. The van der Waals surface area contributed by atoms with Crippen molar-refractivity contribution in [1.29, 1.82) is 0 Å². The molecule has 0 saturated heterocycles. The van der Waals surface area contributed by atoms with E-state index in [2.05, 4.69) is 46.5 Å². The molecule has 6 nitrogen and oxygen atoms in total. The monoisotopic (exact) mass is 493 g/mol. The van der Waals surface area contributed by atoms with E-state index in [9.17, 15) is 9.59 Å². The molecular formula is C28H35N3O3S. The molecule has 35 heavy (non-hydrogen) atoms. The molecular weight excluding hydrogens is 458 g/mol. The quantitative estimate of drug-likeness (QED) is 0.213. The average molecular weight is 494 g/mol. The fourth-order valence-electron chi connectivity index (χ4n) is 3.82. The van der Waals surface area contributed by atoms with Crippen LogP contribution in [-0.4, -0.2) is 39.2 Å². The maximum atomic E-state index is 13.6. The van der Waals surface area contributed by atoms with E-state index in [-0.39, 0.29) is 17.8 Å². The van der Waals surface area contributed by atoms with Gasteiger partial charge in [0, 0.05) is 18.1 Å². The van der Waals surface area contributed by atoms with Crippen molar-refractivity contribution in [2.45, 2.75) is 70.2 Å². The van der Waals surface area contributed by atoms with Gasteiger partial charge in [0.1, 0.15) is 11.6 Å². The molecule has 0 fully saturated rings. The van der Waals surface area contributed by atoms with Crippen LogP contribution in [0.1, 0.15) is 52.5 Å². The van der Waals surface area contributed by atoms with Crippen LogP contribution in [0, 0.1) is 5.92 Å². The van der Waals surface area contributed by atoms with Crippen LogP contribution < -0.4 is 5.32 Å². The summed E-state index contributed by atoms with van der Waals surface area (Å²) in [7, 11) is 0. The Hall–Kier alpha value is -2.93. The topological polar surface area (TPSA) is 81.2 Å². The number of hydrogen-bond donors (Lipinski definition) is 1. The summed E-state index contributed by atoms with van der Waals surface area (Å²) in [6.07, 6.45) is 6.23. The van der Waals surface area contributed by atoms with Gasteiger partial charge >= 0.3 is 5.97 Å². The number of carbonyl (C=O) groups is 2. The van der Waals surface area contributed by atoms with Crippen LogP contribution in [0.25, 0.3) is 10.8 Å². The van der Waals surface area contributed by atoms with Gasteiger partial charge in [-0.25, -0.2) is 14.8 Å². The third kappa shape index (κ3) is 8.35. The van der Waals surface area contributed by atoms with Crippen molar-refractivity contribution >= 4 is 34.4 Å². The van der Waals surface area contributed by atoms with Gasteiger partial charge in [-0.3, -0.25) is 4.79 Å². The van der Waals surface area contributed by atoms with E-state index in [1.165, 1.54) is 11.8 Å². The van der Waals surface area contributed by atoms with Crippen molar-refractivity contribution in [1.82, 2.24) is 15.3 Å². The first-order valence-electron chi connectivity index (χ1n) is 12.2. The van der Waals surface area contributed by atoms with Crippen molar-refractivity contribution in [2.24, 2.45) is 5.92 Å². The zero-order valence-corrected chi connectivity index (χ0v) is 21.8. The highest BCUT2D eigenvalue weighted by Gasteiger charge is 2.29. The lowest BCUT2D eigenvalue weighted by Crippen LogP contribution is -2.47. The molecule has 0 saturated carbocycles. The van der Waals surface area contributed by atoms with Gasteiger partial charge in [0.05, 0.1) is 5.92 Å². The minimum absolute atomic E-state index is 0.159. The number of nitrogens with one attached hydrogen (secondary N) is 1. The predicted molar refractivity (Wildman–Crippen MR) is 141 cm³/mol. The number of aromatic nitrogens is 2. The molecule has 1 aromatic heterocycles. The standard InChI is InChI=1S/C28H35N3O3S/c1-5-6-15-24(26(33)34-28(2,3)4)31-25(32)22(19-35-27-29-16-10-17-30-27)18-21-13-9-12-20-11-7-8-14-23(20)21/h7-14,16-17,22,24H,5-6,15,18-19H2,1-4H3,(H,31,32)/t22-,24+/m1/s1. The predicted octanol–water partition coefficient (Wildman–Crippen LogP) is 5.60. The van der Waals surface area contributed by atoms with Gasteiger partial charge in [0.15, 0.2) is 5.16 Å². The molecule has 0 aliphatic heterocycles. The second kappa shape index (κ2) is 12.7. The molecule has 0 aliphatic carbocycles. The maximum Gasteiger partial charge on any atom is 0.329 e. The number of esters is 1.